The third kappa shape index (κ3) is 8.80. The predicted octanol–water partition coefficient (Wildman–Crippen LogP) is 6.51. The first-order valence-corrected chi connectivity index (χ1v) is 16.6. The first-order valence-electron chi connectivity index (χ1n) is 14.4. The Kier molecular flexibility index (Phi) is 10.7. The second-order valence-electron chi connectivity index (χ2n) is 11.8. The molecule has 7 nitrogen and oxygen atoms in total. The quantitative estimate of drug-likeness (QED) is 0.196. The zero-order valence-electron chi connectivity index (χ0n) is 25.4. The molecule has 230 valence electrons. The standard InChI is InChI=1S/C35H38BrN3O4S/c1-26-15-21-30(22-16-26)39(44(42,43)31-13-9-6-10-14-31)25-33(40)38(24-28-17-19-29(36)20-18-28)32(34(41)37-35(2,3)4)23-27-11-7-5-8-12-27/h5-22,32H,23-25H2,1-4H3,(H,37,41)/t32-/m0/s1. The SMILES string of the molecule is Cc1ccc(N(CC(=O)N(Cc2ccc(Br)cc2)[C@@H](Cc2ccccc2)C(=O)NC(C)(C)C)S(=O)(=O)c2ccccc2)cc1. The van der Waals surface area contributed by atoms with Gasteiger partial charge in [0.05, 0.1) is 10.6 Å². The Balaban J connectivity index is 1.80. The summed E-state index contributed by atoms with van der Waals surface area (Å²) in [6.07, 6.45) is 0.251. The number of halogens is 1. The fourth-order valence-corrected chi connectivity index (χ4v) is 6.45. The van der Waals surface area contributed by atoms with Crippen molar-refractivity contribution in [2.24, 2.45) is 0 Å². The molecule has 1 atom stereocenters. The van der Waals surface area contributed by atoms with Gasteiger partial charge in [-0.25, -0.2) is 8.42 Å². The van der Waals surface area contributed by atoms with E-state index < -0.39 is 34.1 Å². The molecule has 2 amide bonds. The van der Waals surface area contributed by atoms with Gasteiger partial charge < -0.3 is 10.2 Å². The molecule has 0 bridgehead atoms. The summed E-state index contributed by atoms with van der Waals surface area (Å²) < 4.78 is 30.1. The van der Waals surface area contributed by atoms with Crippen LogP contribution in [0.25, 0.3) is 0 Å². The highest BCUT2D eigenvalue weighted by Gasteiger charge is 2.35. The number of aryl methyl sites for hydroxylation is 1. The third-order valence-electron chi connectivity index (χ3n) is 6.97. The summed E-state index contributed by atoms with van der Waals surface area (Å²) >= 11 is 3.46. The van der Waals surface area contributed by atoms with Gasteiger partial charge in [0, 0.05) is 23.0 Å². The maximum atomic E-state index is 14.5. The highest BCUT2D eigenvalue weighted by atomic mass is 79.9. The maximum Gasteiger partial charge on any atom is 0.264 e. The smallest absolute Gasteiger partial charge is 0.264 e. The number of nitrogens with zero attached hydrogens (tertiary/aromatic N) is 2. The van der Waals surface area contributed by atoms with Gasteiger partial charge in [-0.2, -0.15) is 0 Å². The molecule has 0 fully saturated rings. The molecule has 0 unspecified atom stereocenters. The highest BCUT2D eigenvalue weighted by Crippen LogP contribution is 2.26. The minimum absolute atomic E-state index is 0.0687. The summed E-state index contributed by atoms with van der Waals surface area (Å²) in [5.74, 6) is -0.822. The van der Waals surface area contributed by atoms with Gasteiger partial charge in [0.2, 0.25) is 11.8 Å². The highest BCUT2D eigenvalue weighted by molar-refractivity contribution is 9.10. The molecule has 4 aromatic rings. The first kappa shape index (κ1) is 33.0. The number of hydrogen-bond acceptors (Lipinski definition) is 4. The van der Waals surface area contributed by atoms with Crippen LogP contribution in [0.5, 0.6) is 0 Å². The lowest BCUT2D eigenvalue weighted by atomic mass is 10.0. The van der Waals surface area contributed by atoms with Crippen LogP contribution in [0.3, 0.4) is 0 Å². The number of sulfonamides is 1. The molecule has 0 aromatic heterocycles. The number of carbonyl (C=O) groups excluding carboxylic acids is 2. The molecule has 0 radical (unpaired) electrons. The second kappa shape index (κ2) is 14.2. The van der Waals surface area contributed by atoms with Crippen LogP contribution in [-0.2, 0) is 32.6 Å². The predicted molar refractivity (Wildman–Crippen MR) is 179 cm³/mol. The van der Waals surface area contributed by atoms with Crippen LogP contribution in [-0.4, -0.2) is 43.3 Å². The van der Waals surface area contributed by atoms with Crippen LogP contribution in [0.15, 0.2) is 119 Å². The topological polar surface area (TPSA) is 86.8 Å². The number of rotatable bonds is 11. The molecule has 0 aliphatic carbocycles. The molecule has 0 saturated heterocycles. The van der Waals surface area contributed by atoms with Crippen molar-refractivity contribution < 1.29 is 18.0 Å². The molecule has 0 aliphatic rings. The molecule has 0 saturated carbocycles. The average Bonchev–Trinajstić information content (AvgIpc) is 2.99. The van der Waals surface area contributed by atoms with E-state index in [0.717, 1.165) is 25.5 Å². The number of nitrogens with one attached hydrogen (secondary N) is 1. The van der Waals surface area contributed by atoms with E-state index in [0.29, 0.717) is 5.69 Å². The van der Waals surface area contributed by atoms with Gasteiger partial charge in [0.25, 0.3) is 10.0 Å². The van der Waals surface area contributed by atoms with E-state index in [9.17, 15) is 18.0 Å². The van der Waals surface area contributed by atoms with Crippen molar-refractivity contribution in [3.8, 4) is 0 Å². The number of amides is 2. The largest absolute Gasteiger partial charge is 0.350 e. The van der Waals surface area contributed by atoms with Gasteiger partial charge in [0.1, 0.15) is 12.6 Å². The Morgan fingerprint density at radius 3 is 1.93 bits per heavy atom. The minimum atomic E-state index is -4.13. The van der Waals surface area contributed by atoms with Crippen LogP contribution in [0.4, 0.5) is 5.69 Å². The van der Waals surface area contributed by atoms with Crippen molar-refractivity contribution in [3.63, 3.8) is 0 Å². The van der Waals surface area contributed by atoms with Crippen molar-refractivity contribution in [2.75, 3.05) is 10.8 Å². The van der Waals surface area contributed by atoms with Crippen molar-refractivity contribution in [1.29, 1.82) is 0 Å². The van der Waals surface area contributed by atoms with E-state index in [2.05, 4.69) is 21.2 Å². The number of carbonyl (C=O) groups is 2. The zero-order valence-corrected chi connectivity index (χ0v) is 27.8. The molecular formula is C35H38BrN3O4S. The van der Waals surface area contributed by atoms with E-state index in [1.54, 1.807) is 30.3 Å². The van der Waals surface area contributed by atoms with Gasteiger partial charge in [-0.15, -0.1) is 0 Å². The molecule has 0 aliphatic heterocycles. The van der Waals surface area contributed by atoms with Crippen LogP contribution in [0.1, 0.15) is 37.5 Å². The minimum Gasteiger partial charge on any atom is -0.350 e. The number of anilines is 1. The monoisotopic (exact) mass is 675 g/mol. The van der Waals surface area contributed by atoms with Gasteiger partial charge in [0.15, 0.2) is 0 Å². The summed E-state index contributed by atoms with van der Waals surface area (Å²) in [6.45, 7) is 7.18. The fraction of sp³-hybridized carbons (Fsp3) is 0.257. The molecular weight excluding hydrogens is 638 g/mol. The van der Waals surface area contributed by atoms with Gasteiger partial charge in [-0.05, 0) is 75.2 Å². The molecule has 44 heavy (non-hydrogen) atoms. The van der Waals surface area contributed by atoms with E-state index in [1.165, 1.54) is 17.0 Å². The van der Waals surface area contributed by atoms with E-state index in [4.69, 9.17) is 0 Å². The van der Waals surface area contributed by atoms with E-state index >= 15 is 0 Å². The number of hydrogen-bond donors (Lipinski definition) is 1. The van der Waals surface area contributed by atoms with Crippen LogP contribution >= 0.6 is 15.9 Å². The average molecular weight is 677 g/mol. The lowest BCUT2D eigenvalue weighted by molar-refractivity contribution is -0.140. The molecule has 1 N–H and O–H groups in total. The Morgan fingerprint density at radius 1 is 0.795 bits per heavy atom. The van der Waals surface area contributed by atoms with Gasteiger partial charge in [-0.1, -0.05) is 94.3 Å². The van der Waals surface area contributed by atoms with Crippen molar-refractivity contribution in [3.05, 3.63) is 130 Å². The number of benzene rings is 4. The van der Waals surface area contributed by atoms with Crippen LogP contribution in [0, 0.1) is 6.92 Å². The Morgan fingerprint density at radius 2 is 1.36 bits per heavy atom. The lowest BCUT2D eigenvalue weighted by Crippen LogP contribution is -2.56. The van der Waals surface area contributed by atoms with E-state index in [-0.39, 0.29) is 23.8 Å². The summed E-state index contributed by atoms with van der Waals surface area (Å²) in [5, 5.41) is 3.04. The second-order valence-corrected chi connectivity index (χ2v) is 14.5. The lowest BCUT2D eigenvalue weighted by Gasteiger charge is -2.35. The summed E-state index contributed by atoms with van der Waals surface area (Å²) in [7, 11) is -4.13. The van der Waals surface area contributed by atoms with Crippen molar-refractivity contribution in [2.45, 2.75) is 57.1 Å². The Bertz CT molecular complexity index is 1660. The van der Waals surface area contributed by atoms with Crippen LogP contribution in [0.2, 0.25) is 0 Å². The molecule has 4 aromatic carbocycles. The summed E-state index contributed by atoms with van der Waals surface area (Å²) in [5.41, 5.74) is 2.44. The third-order valence-corrected chi connectivity index (χ3v) is 9.28. The maximum absolute atomic E-state index is 14.5. The van der Waals surface area contributed by atoms with Crippen LogP contribution < -0.4 is 9.62 Å². The summed E-state index contributed by atoms with van der Waals surface area (Å²) in [6, 6.07) is 31.1. The van der Waals surface area contributed by atoms with Crippen molar-refractivity contribution >= 4 is 43.5 Å². The normalized spacial score (nSPS) is 12.3. The molecule has 0 spiro atoms. The molecule has 9 heteroatoms. The Hall–Kier alpha value is -3.95. The van der Waals surface area contributed by atoms with Gasteiger partial charge >= 0.3 is 0 Å². The summed E-state index contributed by atoms with van der Waals surface area (Å²) in [4.78, 5) is 30.0. The van der Waals surface area contributed by atoms with E-state index in [1.807, 2.05) is 94.4 Å². The Labute approximate surface area is 269 Å². The first-order chi connectivity index (χ1) is 20.8. The van der Waals surface area contributed by atoms with Crippen molar-refractivity contribution in [1.82, 2.24) is 10.2 Å². The van der Waals surface area contributed by atoms with Gasteiger partial charge in [-0.3, -0.25) is 13.9 Å². The molecule has 0 heterocycles. The fourth-order valence-electron chi connectivity index (χ4n) is 4.75. The zero-order chi connectivity index (χ0) is 31.9. The molecule has 4 rings (SSSR count).